The molecule has 0 aromatic carbocycles. The minimum Gasteiger partial charge on any atom is -0.390 e. The van der Waals surface area contributed by atoms with Crippen LogP contribution in [0.15, 0.2) is 24.6 Å². The Morgan fingerprint density at radius 1 is 1.43 bits per heavy atom. The van der Waals surface area contributed by atoms with Gasteiger partial charge in [-0.15, -0.1) is 0 Å². The highest BCUT2D eigenvalue weighted by Crippen LogP contribution is 1.97. The fourth-order valence-electron chi connectivity index (χ4n) is 1.03. The van der Waals surface area contributed by atoms with Gasteiger partial charge in [-0.3, -0.25) is 9.56 Å². The lowest BCUT2D eigenvalue weighted by Crippen LogP contribution is -2.39. The summed E-state index contributed by atoms with van der Waals surface area (Å²) in [5.41, 5.74) is 2.77. The molecule has 0 bridgehead atoms. The van der Waals surface area contributed by atoms with Crippen LogP contribution in [0.3, 0.4) is 0 Å². The normalized spacial score (nSPS) is 18.0. The SMILES string of the molecule is O=S(=O)(O)CC(O)CN1C=CC=CN1. The molecule has 0 aromatic heterocycles. The summed E-state index contributed by atoms with van der Waals surface area (Å²) in [6.45, 7) is 0.0840. The number of hydrazine groups is 1. The van der Waals surface area contributed by atoms with Crippen molar-refractivity contribution in [2.45, 2.75) is 6.10 Å². The highest BCUT2D eigenvalue weighted by atomic mass is 32.2. The summed E-state index contributed by atoms with van der Waals surface area (Å²) in [5, 5.41) is 10.8. The zero-order valence-corrected chi connectivity index (χ0v) is 8.18. The van der Waals surface area contributed by atoms with Gasteiger partial charge in [0, 0.05) is 12.4 Å². The number of nitrogens with zero attached hydrogens (tertiary/aromatic N) is 1. The Kier molecular flexibility index (Phi) is 3.50. The third-order valence-corrected chi connectivity index (χ3v) is 2.33. The van der Waals surface area contributed by atoms with Gasteiger partial charge in [0.05, 0.1) is 12.6 Å². The standard InChI is InChI=1S/C7H12N2O4S/c10-7(6-14(11,12)13)5-9-4-2-1-3-8-9/h1-4,7-8,10H,5-6H2,(H,11,12,13). The zero-order chi connectivity index (χ0) is 10.6. The monoisotopic (exact) mass is 220 g/mol. The Morgan fingerprint density at radius 3 is 2.64 bits per heavy atom. The van der Waals surface area contributed by atoms with E-state index in [9.17, 15) is 13.5 Å². The van der Waals surface area contributed by atoms with E-state index in [1.807, 2.05) is 0 Å². The van der Waals surface area contributed by atoms with Gasteiger partial charge < -0.3 is 10.5 Å². The molecule has 0 fully saturated rings. The second-order valence-electron chi connectivity index (χ2n) is 2.88. The molecule has 1 unspecified atom stereocenters. The van der Waals surface area contributed by atoms with Crippen molar-refractivity contribution in [1.82, 2.24) is 10.4 Å². The first-order valence-corrected chi connectivity index (χ1v) is 5.58. The molecular formula is C7H12N2O4S. The van der Waals surface area contributed by atoms with Crippen molar-refractivity contribution in [1.29, 1.82) is 0 Å². The molecule has 3 N–H and O–H groups in total. The molecule has 0 saturated heterocycles. The number of aliphatic hydroxyl groups excluding tert-OH is 1. The highest BCUT2D eigenvalue weighted by Gasteiger charge is 2.16. The van der Waals surface area contributed by atoms with Crippen LogP contribution in [0.4, 0.5) is 0 Å². The Morgan fingerprint density at radius 2 is 2.14 bits per heavy atom. The van der Waals surface area contributed by atoms with Gasteiger partial charge in [0.25, 0.3) is 10.1 Å². The summed E-state index contributed by atoms with van der Waals surface area (Å²) in [6.07, 6.45) is 5.64. The highest BCUT2D eigenvalue weighted by molar-refractivity contribution is 7.85. The van der Waals surface area contributed by atoms with E-state index in [1.165, 1.54) is 5.01 Å². The lowest BCUT2D eigenvalue weighted by molar-refractivity contribution is 0.136. The number of allylic oxidation sites excluding steroid dienone is 2. The van der Waals surface area contributed by atoms with Crippen LogP contribution < -0.4 is 5.43 Å². The molecule has 0 aromatic rings. The average molecular weight is 220 g/mol. The Labute approximate surface area is 82.2 Å². The molecule has 6 nitrogen and oxygen atoms in total. The fourth-order valence-corrected chi connectivity index (χ4v) is 1.62. The minimum atomic E-state index is -4.12. The third-order valence-electron chi connectivity index (χ3n) is 1.52. The van der Waals surface area contributed by atoms with Crippen LogP contribution in [-0.4, -0.2) is 41.5 Å². The number of rotatable bonds is 4. The summed E-state index contributed by atoms with van der Waals surface area (Å²) in [5.74, 6) is -0.664. The van der Waals surface area contributed by atoms with Crippen LogP contribution in [0.5, 0.6) is 0 Å². The molecular weight excluding hydrogens is 208 g/mol. The molecule has 0 aliphatic carbocycles. The fraction of sp³-hybridized carbons (Fsp3) is 0.429. The first-order chi connectivity index (χ1) is 6.47. The largest absolute Gasteiger partial charge is 0.390 e. The molecule has 1 aliphatic rings. The summed E-state index contributed by atoms with van der Waals surface area (Å²) in [7, 11) is -4.12. The van der Waals surface area contributed by atoms with Gasteiger partial charge in [-0.05, 0) is 12.2 Å². The van der Waals surface area contributed by atoms with Crippen LogP contribution in [0.1, 0.15) is 0 Å². The van der Waals surface area contributed by atoms with Crippen molar-refractivity contribution in [3.05, 3.63) is 24.6 Å². The maximum atomic E-state index is 10.4. The summed E-state index contributed by atoms with van der Waals surface area (Å²) in [6, 6.07) is 0. The number of aliphatic hydroxyl groups is 1. The van der Waals surface area contributed by atoms with Crippen LogP contribution in [0, 0.1) is 0 Å². The Hall–Kier alpha value is -1.05. The number of β-amino-alcohol motifs (C(OH)–C–C–N with tert-alkyl or cyclic N) is 1. The predicted octanol–water partition coefficient (Wildman–Crippen LogP) is -0.917. The molecule has 1 heterocycles. The average Bonchev–Trinajstić information content (AvgIpc) is 2.02. The van der Waals surface area contributed by atoms with E-state index in [1.54, 1.807) is 24.6 Å². The van der Waals surface area contributed by atoms with E-state index in [4.69, 9.17) is 4.55 Å². The van der Waals surface area contributed by atoms with Gasteiger partial charge in [0.15, 0.2) is 0 Å². The van der Waals surface area contributed by atoms with Gasteiger partial charge in [0.2, 0.25) is 0 Å². The second-order valence-corrected chi connectivity index (χ2v) is 4.38. The maximum absolute atomic E-state index is 10.4. The molecule has 0 amide bonds. The molecule has 1 atom stereocenters. The summed E-state index contributed by atoms with van der Waals surface area (Å²) >= 11 is 0. The molecule has 1 rings (SSSR count). The number of nitrogens with one attached hydrogen (secondary N) is 1. The van der Waals surface area contributed by atoms with Crippen molar-refractivity contribution in [2.75, 3.05) is 12.3 Å². The first kappa shape index (κ1) is 11.0. The lowest BCUT2D eigenvalue weighted by atomic mass is 10.4. The molecule has 0 spiro atoms. The molecule has 80 valence electrons. The van der Waals surface area contributed by atoms with E-state index in [0.717, 1.165) is 0 Å². The Balaban J connectivity index is 2.37. The lowest BCUT2D eigenvalue weighted by Gasteiger charge is -2.24. The van der Waals surface area contributed by atoms with Crippen molar-refractivity contribution >= 4 is 10.1 Å². The quantitative estimate of drug-likeness (QED) is 0.531. The Bertz CT molecular complexity index is 336. The van der Waals surface area contributed by atoms with E-state index in [0.29, 0.717) is 0 Å². The minimum absolute atomic E-state index is 0.0840. The van der Waals surface area contributed by atoms with Crippen molar-refractivity contribution in [3.8, 4) is 0 Å². The van der Waals surface area contributed by atoms with Crippen LogP contribution in [0.25, 0.3) is 0 Å². The van der Waals surface area contributed by atoms with Gasteiger partial charge in [-0.1, -0.05) is 0 Å². The molecule has 7 heteroatoms. The van der Waals surface area contributed by atoms with E-state index >= 15 is 0 Å². The van der Waals surface area contributed by atoms with Crippen LogP contribution >= 0.6 is 0 Å². The van der Waals surface area contributed by atoms with Gasteiger partial charge in [0.1, 0.15) is 5.75 Å². The molecule has 0 saturated carbocycles. The summed E-state index contributed by atoms with van der Waals surface area (Å²) < 4.78 is 29.3. The molecule has 0 radical (unpaired) electrons. The van der Waals surface area contributed by atoms with Crippen molar-refractivity contribution in [2.24, 2.45) is 0 Å². The third kappa shape index (κ3) is 4.26. The second kappa shape index (κ2) is 4.45. The maximum Gasteiger partial charge on any atom is 0.267 e. The predicted molar refractivity (Wildman–Crippen MR) is 50.5 cm³/mol. The molecule has 14 heavy (non-hydrogen) atoms. The first-order valence-electron chi connectivity index (χ1n) is 3.97. The smallest absolute Gasteiger partial charge is 0.267 e. The summed E-state index contributed by atoms with van der Waals surface area (Å²) in [4.78, 5) is 0. The van der Waals surface area contributed by atoms with Crippen LogP contribution in [0.2, 0.25) is 0 Å². The van der Waals surface area contributed by atoms with E-state index in [-0.39, 0.29) is 6.54 Å². The zero-order valence-electron chi connectivity index (χ0n) is 7.37. The van der Waals surface area contributed by atoms with Crippen molar-refractivity contribution in [3.63, 3.8) is 0 Å². The van der Waals surface area contributed by atoms with E-state index in [2.05, 4.69) is 5.43 Å². The number of hydrogen-bond acceptors (Lipinski definition) is 5. The van der Waals surface area contributed by atoms with Crippen LogP contribution in [-0.2, 0) is 10.1 Å². The number of hydrogen-bond donors (Lipinski definition) is 3. The van der Waals surface area contributed by atoms with Gasteiger partial charge >= 0.3 is 0 Å². The van der Waals surface area contributed by atoms with E-state index < -0.39 is 22.0 Å². The van der Waals surface area contributed by atoms with Gasteiger partial charge in [-0.25, -0.2) is 0 Å². The van der Waals surface area contributed by atoms with Crippen molar-refractivity contribution < 1.29 is 18.1 Å². The van der Waals surface area contributed by atoms with Gasteiger partial charge in [-0.2, -0.15) is 8.42 Å². The topological polar surface area (TPSA) is 89.9 Å². The molecule has 1 aliphatic heterocycles.